The minimum Gasteiger partial charge on any atom is -0.496 e. The summed E-state index contributed by atoms with van der Waals surface area (Å²) in [5.41, 5.74) is 0.975. The molecular formula is C24H30F3N5O4. The first-order valence-electron chi connectivity index (χ1n) is 11.7. The van der Waals surface area contributed by atoms with Gasteiger partial charge in [-0.1, -0.05) is 6.42 Å². The highest BCUT2D eigenvalue weighted by Gasteiger charge is 2.28. The van der Waals surface area contributed by atoms with E-state index >= 15 is 0 Å². The van der Waals surface area contributed by atoms with Crippen molar-refractivity contribution in [1.82, 2.24) is 15.2 Å². The van der Waals surface area contributed by atoms with Crippen molar-refractivity contribution in [2.75, 3.05) is 50.5 Å². The van der Waals surface area contributed by atoms with Crippen molar-refractivity contribution < 1.29 is 32.2 Å². The standard InChI is InChI=1S/C24H30F3N5O4/c1-35-20-14-17(6-8-19(20)22(33)28-10-5-13-32-11-3-2-4-12-32)30-23(34)31-18-7-9-21(29-15-18)36-16-24(25,26)27/h6-9,14-15H,2-5,10-13,16H2,1H3,(H,28,33)(H2,30,31,34). The zero-order valence-electron chi connectivity index (χ0n) is 20.0. The maximum absolute atomic E-state index is 12.6. The molecule has 0 spiro atoms. The number of hydrogen-bond donors (Lipinski definition) is 3. The van der Waals surface area contributed by atoms with Crippen molar-refractivity contribution >= 4 is 23.3 Å². The lowest BCUT2D eigenvalue weighted by molar-refractivity contribution is -0.154. The number of aromatic nitrogens is 1. The lowest BCUT2D eigenvalue weighted by Gasteiger charge is -2.26. The maximum Gasteiger partial charge on any atom is 0.422 e. The fourth-order valence-electron chi connectivity index (χ4n) is 3.73. The van der Waals surface area contributed by atoms with Gasteiger partial charge in [-0.25, -0.2) is 9.78 Å². The molecule has 3 amide bonds. The highest BCUT2D eigenvalue weighted by molar-refractivity contribution is 6.01. The Morgan fingerprint density at radius 2 is 1.78 bits per heavy atom. The number of halogens is 3. The third kappa shape index (κ3) is 8.91. The predicted octanol–water partition coefficient (Wildman–Crippen LogP) is 4.28. The Balaban J connectivity index is 1.47. The summed E-state index contributed by atoms with van der Waals surface area (Å²) in [6.07, 6.45) is 1.30. The van der Waals surface area contributed by atoms with E-state index in [2.05, 4.69) is 30.6 Å². The van der Waals surface area contributed by atoms with Crippen molar-refractivity contribution in [2.45, 2.75) is 31.9 Å². The zero-order valence-corrected chi connectivity index (χ0v) is 20.0. The normalized spacial score (nSPS) is 14.1. The molecule has 0 bridgehead atoms. The first-order valence-corrected chi connectivity index (χ1v) is 11.7. The molecule has 3 rings (SSSR count). The molecule has 12 heteroatoms. The van der Waals surface area contributed by atoms with E-state index < -0.39 is 18.8 Å². The van der Waals surface area contributed by atoms with Gasteiger partial charge in [-0.3, -0.25) is 4.79 Å². The Bertz CT molecular complexity index is 1010. The smallest absolute Gasteiger partial charge is 0.422 e. The third-order valence-electron chi connectivity index (χ3n) is 5.47. The van der Waals surface area contributed by atoms with Gasteiger partial charge in [-0.05, 0) is 57.1 Å². The summed E-state index contributed by atoms with van der Waals surface area (Å²) in [5, 5.41) is 8.02. The molecule has 0 atom stereocenters. The van der Waals surface area contributed by atoms with Crippen LogP contribution in [0.1, 0.15) is 36.0 Å². The number of nitrogens with one attached hydrogen (secondary N) is 3. The third-order valence-corrected chi connectivity index (χ3v) is 5.47. The van der Waals surface area contributed by atoms with Crippen LogP contribution in [-0.2, 0) is 0 Å². The number of nitrogens with zero attached hydrogens (tertiary/aromatic N) is 2. The molecule has 9 nitrogen and oxygen atoms in total. The number of likely N-dealkylation sites (tertiary alicyclic amines) is 1. The number of carbonyl (C=O) groups is 2. The number of piperidine rings is 1. The number of hydrogen-bond acceptors (Lipinski definition) is 6. The summed E-state index contributed by atoms with van der Waals surface area (Å²) in [6, 6.07) is 6.61. The van der Waals surface area contributed by atoms with Gasteiger partial charge in [0.05, 0.1) is 24.6 Å². The summed E-state index contributed by atoms with van der Waals surface area (Å²) in [6.45, 7) is 2.27. The Morgan fingerprint density at radius 3 is 2.44 bits per heavy atom. The molecule has 1 aromatic carbocycles. The monoisotopic (exact) mass is 509 g/mol. The molecule has 196 valence electrons. The first kappa shape index (κ1) is 27.1. The maximum atomic E-state index is 12.6. The van der Waals surface area contributed by atoms with E-state index in [9.17, 15) is 22.8 Å². The minimum absolute atomic E-state index is 0.219. The summed E-state index contributed by atoms with van der Waals surface area (Å²) in [5.74, 6) is -0.182. The van der Waals surface area contributed by atoms with Crippen LogP contribution in [0.25, 0.3) is 0 Å². The van der Waals surface area contributed by atoms with Gasteiger partial charge < -0.3 is 30.3 Å². The van der Waals surface area contributed by atoms with Crippen molar-refractivity contribution in [1.29, 1.82) is 0 Å². The number of benzene rings is 1. The lowest BCUT2D eigenvalue weighted by Crippen LogP contribution is -2.33. The van der Waals surface area contributed by atoms with Gasteiger partial charge in [0.25, 0.3) is 5.91 Å². The minimum atomic E-state index is -4.47. The highest BCUT2D eigenvalue weighted by Crippen LogP contribution is 2.24. The topological polar surface area (TPSA) is 105 Å². The van der Waals surface area contributed by atoms with Crippen molar-refractivity contribution in [3.05, 3.63) is 42.1 Å². The van der Waals surface area contributed by atoms with E-state index in [0.29, 0.717) is 23.5 Å². The van der Waals surface area contributed by atoms with Crippen molar-refractivity contribution in [2.24, 2.45) is 0 Å². The van der Waals surface area contributed by atoms with Crippen LogP contribution >= 0.6 is 0 Å². The molecular weight excluding hydrogens is 479 g/mol. The van der Waals surface area contributed by atoms with E-state index in [4.69, 9.17) is 4.74 Å². The SMILES string of the molecule is COc1cc(NC(=O)Nc2ccc(OCC(F)(F)F)nc2)ccc1C(=O)NCCCN1CCCCC1. The van der Waals surface area contributed by atoms with Crippen LogP contribution in [0.5, 0.6) is 11.6 Å². The number of ether oxygens (including phenoxy) is 2. The average molecular weight is 510 g/mol. The predicted molar refractivity (Wildman–Crippen MR) is 129 cm³/mol. The van der Waals surface area contributed by atoms with Gasteiger partial charge in [0.15, 0.2) is 6.61 Å². The quantitative estimate of drug-likeness (QED) is 0.413. The molecule has 2 heterocycles. The number of carbonyl (C=O) groups excluding carboxylic acids is 2. The molecule has 1 aliphatic heterocycles. The fourth-order valence-corrected chi connectivity index (χ4v) is 3.73. The summed E-state index contributed by atoms with van der Waals surface area (Å²) >= 11 is 0. The molecule has 1 aliphatic rings. The average Bonchev–Trinajstić information content (AvgIpc) is 2.86. The lowest BCUT2D eigenvalue weighted by atomic mass is 10.1. The molecule has 36 heavy (non-hydrogen) atoms. The molecule has 0 aliphatic carbocycles. The van der Waals surface area contributed by atoms with Gasteiger partial charge in [0.1, 0.15) is 5.75 Å². The Morgan fingerprint density at radius 1 is 1.06 bits per heavy atom. The number of anilines is 2. The second-order valence-corrected chi connectivity index (χ2v) is 8.29. The molecule has 2 aromatic rings. The van der Waals surface area contributed by atoms with E-state index in [-0.39, 0.29) is 17.5 Å². The van der Waals surface area contributed by atoms with E-state index in [1.165, 1.54) is 50.8 Å². The van der Waals surface area contributed by atoms with Crippen LogP contribution in [0.15, 0.2) is 36.5 Å². The number of pyridine rings is 1. The number of rotatable bonds is 10. The summed E-state index contributed by atoms with van der Waals surface area (Å²) < 4.78 is 46.5. The number of methoxy groups -OCH3 is 1. The summed E-state index contributed by atoms with van der Waals surface area (Å²) in [7, 11) is 1.43. The Labute approximate surface area is 207 Å². The molecule has 0 saturated carbocycles. The van der Waals surface area contributed by atoms with Crippen LogP contribution in [-0.4, -0.2) is 67.9 Å². The zero-order chi connectivity index (χ0) is 26.0. The number of amides is 3. The van der Waals surface area contributed by atoms with Crippen LogP contribution in [0.3, 0.4) is 0 Å². The molecule has 1 saturated heterocycles. The molecule has 0 unspecified atom stereocenters. The van der Waals surface area contributed by atoms with Crippen molar-refractivity contribution in [3.8, 4) is 11.6 Å². The van der Waals surface area contributed by atoms with E-state index in [1.807, 2.05) is 0 Å². The molecule has 3 N–H and O–H groups in total. The summed E-state index contributed by atoms with van der Waals surface area (Å²) in [4.78, 5) is 31.0. The first-order chi connectivity index (χ1) is 17.2. The van der Waals surface area contributed by atoms with E-state index in [0.717, 1.165) is 26.1 Å². The second-order valence-electron chi connectivity index (χ2n) is 8.29. The second kappa shape index (κ2) is 13.0. The van der Waals surface area contributed by atoms with E-state index in [1.54, 1.807) is 12.1 Å². The van der Waals surface area contributed by atoms with Crippen LogP contribution < -0.4 is 25.4 Å². The number of urea groups is 1. The van der Waals surface area contributed by atoms with Crippen LogP contribution in [0.2, 0.25) is 0 Å². The largest absolute Gasteiger partial charge is 0.496 e. The fraction of sp³-hybridized carbons (Fsp3) is 0.458. The highest BCUT2D eigenvalue weighted by atomic mass is 19.4. The van der Waals surface area contributed by atoms with Gasteiger partial charge in [0.2, 0.25) is 5.88 Å². The Kier molecular flexibility index (Phi) is 9.74. The number of alkyl halides is 3. The molecule has 0 radical (unpaired) electrons. The molecule has 1 fully saturated rings. The Hall–Kier alpha value is -3.54. The van der Waals surface area contributed by atoms with Crippen molar-refractivity contribution in [3.63, 3.8) is 0 Å². The van der Waals surface area contributed by atoms with Crippen LogP contribution in [0.4, 0.5) is 29.3 Å². The molecule has 1 aromatic heterocycles. The van der Waals surface area contributed by atoms with Gasteiger partial charge in [-0.2, -0.15) is 13.2 Å². The van der Waals surface area contributed by atoms with Gasteiger partial charge in [-0.15, -0.1) is 0 Å². The van der Waals surface area contributed by atoms with Crippen LogP contribution in [0, 0.1) is 0 Å². The van der Waals surface area contributed by atoms with Gasteiger partial charge >= 0.3 is 12.2 Å². The van der Waals surface area contributed by atoms with Gasteiger partial charge in [0, 0.05) is 24.4 Å².